The van der Waals surface area contributed by atoms with Gasteiger partial charge in [-0.05, 0) is 20.9 Å². The van der Waals surface area contributed by atoms with Gasteiger partial charge in [-0.3, -0.25) is 14.5 Å². The van der Waals surface area contributed by atoms with Crippen LogP contribution < -0.4 is 5.73 Å². The number of piperazine rings is 1. The summed E-state index contributed by atoms with van der Waals surface area (Å²) in [5.41, 5.74) is 6.82. The maximum atomic E-state index is 6.02. The fourth-order valence-electron chi connectivity index (χ4n) is 3.00. The van der Waals surface area contributed by atoms with Crippen molar-refractivity contribution in [1.82, 2.24) is 29.5 Å². The highest BCUT2D eigenvalue weighted by Crippen LogP contribution is 2.19. The predicted octanol–water partition coefficient (Wildman–Crippen LogP) is 0.470. The molecule has 0 aliphatic carbocycles. The topological polar surface area (TPSA) is 76.1 Å². The molecule has 0 amide bonds. The first-order valence-electron chi connectivity index (χ1n) is 7.34. The zero-order chi connectivity index (χ0) is 15.1. The second-order valence-electron chi connectivity index (χ2n) is 6.09. The molecule has 0 radical (unpaired) electrons. The van der Waals surface area contributed by atoms with Crippen LogP contribution in [0.2, 0.25) is 0 Å². The van der Waals surface area contributed by atoms with Crippen LogP contribution in [0, 0.1) is 0 Å². The first-order chi connectivity index (χ1) is 9.95. The quantitative estimate of drug-likeness (QED) is 0.866. The molecule has 2 unspecified atom stereocenters. The van der Waals surface area contributed by atoms with E-state index in [1.165, 1.54) is 0 Å². The molecule has 1 saturated heterocycles. The van der Waals surface area contributed by atoms with Crippen molar-refractivity contribution in [2.24, 2.45) is 7.05 Å². The number of fused-ring (bicyclic) bond motifs is 1. The van der Waals surface area contributed by atoms with Crippen molar-refractivity contribution in [2.45, 2.75) is 32.5 Å². The van der Waals surface area contributed by atoms with Crippen LogP contribution in [-0.2, 0) is 13.6 Å². The van der Waals surface area contributed by atoms with Crippen LogP contribution in [-0.4, -0.2) is 61.8 Å². The van der Waals surface area contributed by atoms with E-state index in [4.69, 9.17) is 5.73 Å². The molecule has 3 heterocycles. The minimum absolute atomic E-state index is 0.512. The lowest BCUT2D eigenvalue weighted by Gasteiger charge is -2.42. The van der Waals surface area contributed by atoms with E-state index in [1.807, 2.05) is 7.05 Å². The summed E-state index contributed by atoms with van der Waals surface area (Å²) in [5.74, 6) is 1.28. The Morgan fingerprint density at radius 1 is 1.19 bits per heavy atom. The summed E-state index contributed by atoms with van der Waals surface area (Å²) >= 11 is 0. The average molecular weight is 289 g/mol. The maximum Gasteiger partial charge on any atom is 0.163 e. The second kappa shape index (κ2) is 5.23. The number of nitrogens with zero attached hydrogens (tertiary/aromatic N) is 6. The minimum atomic E-state index is 0.512. The van der Waals surface area contributed by atoms with Gasteiger partial charge in [0, 0.05) is 32.2 Å². The highest BCUT2D eigenvalue weighted by atomic mass is 15.3. The zero-order valence-electron chi connectivity index (χ0n) is 13.1. The fourth-order valence-corrected chi connectivity index (χ4v) is 3.00. The Hall–Kier alpha value is -1.73. The molecule has 1 aliphatic heterocycles. The minimum Gasteiger partial charge on any atom is -0.383 e. The van der Waals surface area contributed by atoms with Crippen molar-refractivity contribution in [3.8, 4) is 0 Å². The molecule has 2 aromatic heterocycles. The number of likely N-dealkylation sites (N-methyl/N-ethyl adjacent to an activating group) is 1. The van der Waals surface area contributed by atoms with E-state index in [-0.39, 0.29) is 0 Å². The van der Waals surface area contributed by atoms with Crippen molar-refractivity contribution in [2.75, 3.05) is 25.9 Å². The molecule has 21 heavy (non-hydrogen) atoms. The molecule has 114 valence electrons. The van der Waals surface area contributed by atoms with Crippen molar-refractivity contribution in [3.63, 3.8) is 0 Å². The van der Waals surface area contributed by atoms with Crippen molar-refractivity contribution in [3.05, 3.63) is 12.0 Å². The number of rotatable bonds is 2. The molecule has 2 aromatic rings. The lowest BCUT2D eigenvalue weighted by atomic mass is 10.1. The van der Waals surface area contributed by atoms with Gasteiger partial charge in [0.05, 0.1) is 18.1 Å². The fraction of sp³-hybridized carbons (Fsp3) is 0.643. The van der Waals surface area contributed by atoms with Gasteiger partial charge in [-0.2, -0.15) is 5.10 Å². The van der Waals surface area contributed by atoms with E-state index < -0.39 is 0 Å². The van der Waals surface area contributed by atoms with Crippen LogP contribution in [0.5, 0.6) is 0 Å². The van der Waals surface area contributed by atoms with Crippen molar-refractivity contribution >= 4 is 16.9 Å². The van der Waals surface area contributed by atoms with Gasteiger partial charge < -0.3 is 5.73 Å². The summed E-state index contributed by atoms with van der Waals surface area (Å²) in [6.07, 6.45) is 1.72. The van der Waals surface area contributed by atoms with E-state index in [9.17, 15) is 0 Å². The molecule has 0 saturated carbocycles. The molecule has 7 heteroatoms. The van der Waals surface area contributed by atoms with Gasteiger partial charge in [0.1, 0.15) is 11.6 Å². The first-order valence-corrected chi connectivity index (χ1v) is 7.34. The normalized spacial score (nSPS) is 24.8. The van der Waals surface area contributed by atoms with Gasteiger partial charge in [0.2, 0.25) is 0 Å². The number of aryl methyl sites for hydroxylation is 1. The molecule has 3 rings (SSSR count). The lowest BCUT2D eigenvalue weighted by molar-refractivity contribution is 0.0542. The Labute approximate surface area is 124 Å². The van der Waals surface area contributed by atoms with Crippen LogP contribution >= 0.6 is 0 Å². The highest BCUT2D eigenvalue weighted by molar-refractivity contribution is 5.84. The number of nitrogen functional groups attached to an aromatic ring is 1. The molecule has 7 nitrogen and oxygen atoms in total. The van der Waals surface area contributed by atoms with E-state index >= 15 is 0 Å². The van der Waals surface area contributed by atoms with E-state index in [0.717, 1.165) is 36.5 Å². The van der Waals surface area contributed by atoms with Crippen LogP contribution in [0.4, 0.5) is 5.82 Å². The number of hydrogen-bond acceptors (Lipinski definition) is 6. The molecule has 1 aliphatic rings. The molecule has 0 spiro atoms. The molecule has 1 fully saturated rings. The summed E-state index contributed by atoms with van der Waals surface area (Å²) in [6.45, 7) is 7.28. The predicted molar refractivity (Wildman–Crippen MR) is 82.7 cm³/mol. The first kappa shape index (κ1) is 14.2. The van der Waals surface area contributed by atoms with Gasteiger partial charge >= 0.3 is 0 Å². The standard InChI is InChI=1S/C14H23N7/c1-9-6-21(7-10(2)19(9)3)8-12-17-13(15)11-5-16-20(4)14(11)18-12/h5,9-10H,6-8H2,1-4H3,(H2,15,17,18). The third kappa shape index (κ3) is 2.58. The molecule has 2 N–H and O–H groups in total. The number of anilines is 1. The Kier molecular flexibility index (Phi) is 3.54. The Bertz CT molecular complexity index is 638. The molecule has 0 bridgehead atoms. The highest BCUT2D eigenvalue weighted by Gasteiger charge is 2.27. The van der Waals surface area contributed by atoms with Gasteiger partial charge in [-0.25, -0.2) is 9.97 Å². The lowest BCUT2D eigenvalue weighted by Crippen LogP contribution is -2.54. The SMILES string of the molecule is CC1CN(Cc2nc(N)c3cnn(C)c3n2)CC(C)N1C. The Balaban J connectivity index is 1.83. The summed E-state index contributed by atoms with van der Waals surface area (Å²) in [6, 6.07) is 1.07. The summed E-state index contributed by atoms with van der Waals surface area (Å²) in [7, 11) is 4.06. The van der Waals surface area contributed by atoms with Crippen LogP contribution in [0.15, 0.2) is 6.20 Å². The average Bonchev–Trinajstić information content (AvgIpc) is 2.78. The van der Waals surface area contributed by atoms with Crippen LogP contribution in [0.1, 0.15) is 19.7 Å². The Morgan fingerprint density at radius 3 is 2.52 bits per heavy atom. The summed E-state index contributed by atoms with van der Waals surface area (Å²) < 4.78 is 1.74. The van der Waals surface area contributed by atoms with Crippen LogP contribution in [0.3, 0.4) is 0 Å². The molecular formula is C14H23N7. The molecule has 0 aromatic carbocycles. The second-order valence-corrected chi connectivity index (χ2v) is 6.09. The number of nitrogens with two attached hydrogens (primary N) is 1. The van der Waals surface area contributed by atoms with E-state index in [2.05, 4.69) is 45.8 Å². The van der Waals surface area contributed by atoms with E-state index in [1.54, 1.807) is 10.9 Å². The monoisotopic (exact) mass is 289 g/mol. The van der Waals surface area contributed by atoms with E-state index in [0.29, 0.717) is 17.9 Å². The third-order valence-electron chi connectivity index (χ3n) is 4.47. The molecular weight excluding hydrogens is 266 g/mol. The smallest absolute Gasteiger partial charge is 0.163 e. The Morgan fingerprint density at radius 2 is 1.86 bits per heavy atom. The largest absolute Gasteiger partial charge is 0.383 e. The summed E-state index contributed by atoms with van der Waals surface area (Å²) in [4.78, 5) is 13.9. The van der Waals surface area contributed by atoms with Gasteiger partial charge in [-0.15, -0.1) is 0 Å². The summed E-state index contributed by atoms with van der Waals surface area (Å²) in [5, 5.41) is 5.01. The van der Waals surface area contributed by atoms with Gasteiger partial charge in [-0.1, -0.05) is 0 Å². The number of hydrogen-bond donors (Lipinski definition) is 1. The maximum absolute atomic E-state index is 6.02. The van der Waals surface area contributed by atoms with Gasteiger partial charge in [0.15, 0.2) is 5.65 Å². The van der Waals surface area contributed by atoms with Crippen molar-refractivity contribution < 1.29 is 0 Å². The third-order valence-corrected chi connectivity index (χ3v) is 4.47. The number of aromatic nitrogens is 4. The van der Waals surface area contributed by atoms with Crippen LogP contribution in [0.25, 0.3) is 11.0 Å². The van der Waals surface area contributed by atoms with Crippen molar-refractivity contribution in [1.29, 1.82) is 0 Å². The molecule has 2 atom stereocenters. The van der Waals surface area contributed by atoms with Gasteiger partial charge in [0.25, 0.3) is 0 Å². The zero-order valence-corrected chi connectivity index (χ0v) is 13.1.